The molecular weight excluding hydrogens is 429 g/mol. The maximum atomic E-state index is 3.88. The van der Waals surface area contributed by atoms with Crippen molar-refractivity contribution < 1.29 is 0 Å². The van der Waals surface area contributed by atoms with E-state index in [4.69, 9.17) is 0 Å². The van der Waals surface area contributed by atoms with Crippen molar-refractivity contribution in [1.29, 1.82) is 0 Å². The molecule has 1 nitrogen and oxygen atoms in total. The molecule has 2 heteroatoms. The number of halogens is 1. The normalized spacial score (nSPS) is 20.1. The van der Waals surface area contributed by atoms with E-state index < -0.39 is 0 Å². The fourth-order valence-electron chi connectivity index (χ4n) is 4.31. The maximum Gasteiger partial charge on any atom is 0.109 e. The first-order chi connectivity index (χ1) is 12.7. The van der Waals surface area contributed by atoms with E-state index in [0.29, 0.717) is 0 Å². The summed E-state index contributed by atoms with van der Waals surface area (Å²) < 4.78 is 1.27. The van der Waals surface area contributed by atoms with Crippen LogP contribution in [0.1, 0.15) is 29.2 Å². The molecule has 126 valence electrons. The highest BCUT2D eigenvalue weighted by molar-refractivity contribution is 14.1. The Hall–Kier alpha value is -2.33. The predicted octanol–water partition coefficient (Wildman–Crippen LogP) is 6.57. The van der Waals surface area contributed by atoms with Crippen molar-refractivity contribution in [3.05, 3.63) is 105 Å². The average Bonchev–Trinajstić information content (AvgIpc) is 2.90. The summed E-state index contributed by atoms with van der Waals surface area (Å²) in [6.07, 6.45) is 4.59. The van der Waals surface area contributed by atoms with Crippen LogP contribution in [0.2, 0.25) is 0 Å². The number of nitrogens with one attached hydrogen (secondary N) is 1. The molecule has 0 radical (unpaired) electrons. The first kappa shape index (κ1) is 15.9. The van der Waals surface area contributed by atoms with E-state index in [-0.39, 0.29) is 5.54 Å². The molecule has 26 heavy (non-hydrogen) atoms. The molecule has 1 spiro atoms. The molecule has 5 rings (SSSR count). The Morgan fingerprint density at radius 3 is 2.50 bits per heavy atom. The molecule has 1 unspecified atom stereocenters. The van der Waals surface area contributed by atoms with Crippen LogP contribution in [0.25, 0.3) is 17.2 Å². The van der Waals surface area contributed by atoms with Gasteiger partial charge in [-0.15, -0.1) is 0 Å². The summed E-state index contributed by atoms with van der Waals surface area (Å²) >= 11 is 2.40. The van der Waals surface area contributed by atoms with Crippen molar-refractivity contribution in [2.24, 2.45) is 0 Å². The summed E-state index contributed by atoms with van der Waals surface area (Å²) in [5.74, 6) is 0. The van der Waals surface area contributed by atoms with Gasteiger partial charge in [-0.05, 0) is 87.2 Å². The zero-order valence-corrected chi connectivity index (χ0v) is 16.6. The number of fused-ring (bicyclic) bond motifs is 3. The van der Waals surface area contributed by atoms with E-state index in [2.05, 4.69) is 120 Å². The molecule has 0 aromatic heterocycles. The minimum atomic E-state index is -0.320. The Morgan fingerprint density at radius 2 is 1.65 bits per heavy atom. The maximum absolute atomic E-state index is 3.88. The second kappa shape index (κ2) is 5.85. The molecule has 0 fully saturated rings. The fourth-order valence-corrected chi connectivity index (χ4v) is 4.80. The summed E-state index contributed by atoms with van der Waals surface area (Å²) in [5, 5.41) is 3.88. The predicted molar refractivity (Wildman–Crippen MR) is 119 cm³/mol. The molecule has 0 saturated heterocycles. The van der Waals surface area contributed by atoms with Gasteiger partial charge in [0.05, 0.1) is 0 Å². The summed E-state index contributed by atoms with van der Waals surface area (Å²) in [7, 11) is 0. The second-order valence-corrected chi connectivity index (χ2v) is 8.16. The lowest BCUT2D eigenvalue weighted by molar-refractivity contribution is 0.811. The van der Waals surface area contributed by atoms with Crippen molar-refractivity contribution in [2.75, 3.05) is 5.32 Å². The fraction of sp³-hybridized carbons (Fsp3) is 0.0833. The lowest BCUT2D eigenvalue weighted by Gasteiger charge is -2.37. The topological polar surface area (TPSA) is 12.0 Å². The highest BCUT2D eigenvalue weighted by Gasteiger charge is 2.44. The number of rotatable bonds is 1. The zero-order chi connectivity index (χ0) is 17.7. The SMILES string of the molecule is CC1=C(c2ccccc2)C2(C=Cc3ccccc3N2)c2ccc(I)cc21. The van der Waals surface area contributed by atoms with Crippen molar-refractivity contribution >= 4 is 45.5 Å². The van der Waals surface area contributed by atoms with Crippen molar-refractivity contribution in [1.82, 2.24) is 0 Å². The Balaban J connectivity index is 1.81. The van der Waals surface area contributed by atoms with E-state index in [9.17, 15) is 0 Å². The largest absolute Gasteiger partial charge is 0.368 e. The number of hydrogen-bond donors (Lipinski definition) is 1. The highest BCUT2D eigenvalue weighted by atomic mass is 127. The van der Waals surface area contributed by atoms with Gasteiger partial charge in [0.25, 0.3) is 0 Å². The minimum absolute atomic E-state index is 0.320. The third-order valence-electron chi connectivity index (χ3n) is 5.45. The molecule has 1 N–H and O–H groups in total. The van der Waals surface area contributed by atoms with Gasteiger partial charge in [0, 0.05) is 9.26 Å². The molecule has 3 aromatic rings. The molecule has 1 aliphatic heterocycles. The van der Waals surface area contributed by atoms with Gasteiger partial charge >= 0.3 is 0 Å². The number of allylic oxidation sites excluding steroid dienone is 1. The van der Waals surface area contributed by atoms with E-state index in [1.807, 2.05) is 0 Å². The van der Waals surface area contributed by atoms with Gasteiger partial charge in [0.2, 0.25) is 0 Å². The van der Waals surface area contributed by atoms with Crippen LogP contribution in [0.5, 0.6) is 0 Å². The van der Waals surface area contributed by atoms with Gasteiger partial charge in [-0.1, -0.05) is 60.7 Å². The van der Waals surface area contributed by atoms with Gasteiger partial charge < -0.3 is 5.32 Å². The molecule has 1 atom stereocenters. The zero-order valence-electron chi connectivity index (χ0n) is 14.5. The lowest BCUT2D eigenvalue weighted by Crippen LogP contribution is -2.35. The highest BCUT2D eigenvalue weighted by Crippen LogP contribution is 2.54. The first-order valence-electron chi connectivity index (χ1n) is 8.83. The van der Waals surface area contributed by atoms with Crippen LogP contribution in [0.4, 0.5) is 5.69 Å². The first-order valence-corrected chi connectivity index (χ1v) is 9.90. The van der Waals surface area contributed by atoms with Crippen LogP contribution in [0.15, 0.2) is 78.9 Å². The number of anilines is 1. The summed E-state index contributed by atoms with van der Waals surface area (Å²) in [5.41, 5.74) is 8.74. The minimum Gasteiger partial charge on any atom is -0.368 e. The molecule has 0 saturated carbocycles. The van der Waals surface area contributed by atoms with Crippen LogP contribution in [-0.2, 0) is 5.54 Å². The summed E-state index contributed by atoms with van der Waals surface area (Å²) in [6.45, 7) is 2.25. The van der Waals surface area contributed by atoms with Crippen LogP contribution in [-0.4, -0.2) is 0 Å². The molecule has 0 amide bonds. The number of para-hydroxylation sites is 1. The van der Waals surface area contributed by atoms with Gasteiger partial charge in [-0.3, -0.25) is 0 Å². The molecular formula is C24H18IN. The smallest absolute Gasteiger partial charge is 0.109 e. The molecule has 1 aliphatic carbocycles. The number of hydrogen-bond acceptors (Lipinski definition) is 1. The van der Waals surface area contributed by atoms with Gasteiger partial charge in [0.15, 0.2) is 0 Å². The van der Waals surface area contributed by atoms with Gasteiger partial charge in [0.1, 0.15) is 5.54 Å². The second-order valence-electron chi connectivity index (χ2n) is 6.91. The van der Waals surface area contributed by atoms with E-state index in [1.165, 1.54) is 42.7 Å². The Kier molecular flexibility index (Phi) is 3.57. The van der Waals surface area contributed by atoms with Crippen molar-refractivity contribution in [3.63, 3.8) is 0 Å². The van der Waals surface area contributed by atoms with Crippen LogP contribution < -0.4 is 5.32 Å². The molecule has 2 aliphatic rings. The third-order valence-corrected chi connectivity index (χ3v) is 6.12. The molecule has 3 aromatic carbocycles. The Bertz CT molecular complexity index is 1080. The average molecular weight is 447 g/mol. The third kappa shape index (κ3) is 2.21. The van der Waals surface area contributed by atoms with Gasteiger partial charge in [-0.25, -0.2) is 0 Å². The van der Waals surface area contributed by atoms with Crippen molar-refractivity contribution in [3.8, 4) is 0 Å². The van der Waals surface area contributed by atoms with Crippen LogP contribution in [0.3, 0.4) is 0 Å². The van der Waals surface area contributed by atoms with Crippen molar-refractivity contribution in [2.45, 2.75) is 12.5 Å². The Labute approximate surface area is 167 Å². The van der Waals surface area contributed by atoms with E-state index in [0.717, 1.165) is 0 Å². The monoisotopic (exact) mass is 447 g/mol. The quantitative estimate of drug-likeness (QED) is 0.416. The van der Waals surface area contributed by atoms with E-state index in [1.54, 1.807) is 0 Å². The molecule has 0 bridgehead atoms. The standard InChI is InChI=1S/C24H18IN/c1-16-20-15-19(25)11-12-21(20)24(23(16)18-8-3-2-4-9-18)14-13-17-7-5-6-10-22(17)26-24/h2-15,26H,1H3. The van der Waals surface area contributed by atoms with Crippen LogP contribution >= 0.6 is 22.6 Å². The van der Waals surface area contributed by atoms with Crippen LogP contribution in [0, 0.1) is 3.57 Å². The summed E-state index contributed by atoms with van der Waals surface area (Å²) in [6, 6.07) is 26.1. The lowest BCUT2D eigenvalue weighted by atomic mass is 9.80. The summed E-state index contributed by atoms with van der Waals surface area (Å²) in [4.78, 5) is 0. The molecule has 1 heterocycles. The Morgan fingerprint density at radius 1 is 0.885 bits per heavy atom. The van der Waals surface area contributed by atoms with Gasteiger partial charge in [-0.2, -0.15) is 0 Å². The number of benzene rings is 3. The van der Waals surface area contributed by atoms with E-state index >= 15 is 0 Å².